The highest BCUT2D eigenvalue weighted by atomic mass is 16.5. The Kier molecular flexibility index (Phi) is 4.35. The minimum Gasteiger partial charge on any atom is -0.457 e. The SMILES string of the molecule is c1ccc2c(c1)Oc1ccccc1C21c2ccccc2-c2cc3c4ccccc4n(-c4ncc5ccccc5n4)c3cc21. The summed E-state index contributed by atoms with van der Waals surface area (Å²) in [4.78, 5) is 9.95. The van der Waals surface area contributed by atoms with Gasteiger partial charge in [-0.2, -0.15) is 0 Å². The maximum Gasteiger partial charge on any atom is 0.235 e. The van der Waals surface area contributed by atoms with Crippen LogP contribution >= 0.6 is 0 Å². The molecule has 200 valence electrons. The molecule has 43 heavy (non-hydrogen) atoms. The van der Waals surface area contributed by atoms with E-state index in [1.807, 2.05) is 24.4 Å². The minimum atomic E-state index is -0.531. The van der Waals surface area contributed by atoms with Gasteiger partial charge in [-0.1, -0.05) is 97.1 Å². The van der Waals surface area contributed by atoms with Crippen LogP contribution in [0.15, 0.2) is 140 Å². The third kappa shape index (κ3) is 2.85. The Morgan fingerprint density at radius 3 is 2.05 bits per heavy atom. The van der Waals surface area contributed by atoms with E-state index < -0.39 is 5.41 Å². The molecule has 3 heterocycles. The van der Waals surface area contributed by atoms with Crippen LogP contribution in [0.25, 0.3) is 49.8 Å². The second-order valence-corrected chi connectivity index (χ2v) is 11.4. The van der Waals surface area contributed by atoms with Crippen LogP contribution in [0.1, 0.15) is 22.3 Å². The highest BCUT2D eigenvalue weighted by Gasteiger charge is 2.51. The molecular formula is C39H23N3O. The largest absolute Gasteiger partial charge is 0.457 e. The van der Waals surface area contributed by atoms with Crippen molar-refractivity contribution in [2.45, 2.75) is 5.41 Å². The minimum absolute atomic E-state index is 0.531. The van der Waals surface area contributed by atoms with Crippen LogP contribution in [0, 0.1) is 0 Å². The molecule has 2 aliphatic rings. The fourth-order valence-electron chi connectivity index (χ4n) is 7.60. The first kappa shape index (κ1) is 22.9. The summed E-state index contributed by atoms with van der Waals surface area (Å²) < 4.78 is 8.77. The Balaban J connectivity index is 1.39. The zero-order chi connectivity index (χ0) is 28.1. The van der Waals surface area contributed by atoms with Gasteiger partial charge in [0, 0.05) is 33.5 Å². The molecule has 6 aromatic carbocycles. The maximum atomic E-state index is 6.54. The van der Waals surface area contributed by atoms with Crippen molar-refractivity contribution >= 4 is 32.7 Å². The van der Waals surface area contributed by atoms with Gasteiger partial charge >= 0.3 is 0 Å². The normalized spacial score (nSPS) is 14.0. The highest BCUT2D eigenvalue weighted by molar-refractivity contribution is 6.12. The van der Waals surface area contributed by atoms with Gasteiger partial charge in [0.15, 0.2) is 0 Å². The van der Waals surface area contributed by atoms with E-state index in [2.05, 4.69) is 120 Å². The maximum absolute atomic E-state index is 6.54. The van der Waals surface area contributed by atoms with Crippen molar-refractivity contribution in [3.05, 3.63) is 162 Å². The lowest BCUT2D eigenvalue weighted by atomic mass is 9.66. The molecule has 4 nitrogen and oxygen atoms in total. The first-order chi connectivity index (χ1) is 21.3. The molecule has 0 atom stereocenters. The number of rotatable bonds is 1. The average Bonchev–Trinajstić information content (AvgIpc) is 3.54. The number of para-hydroxylation sites is 4. The zero-order valence-electron chi connectivity index (χ0n) is 23.0. The number of aromatic nitrogens is 3. The van der Waals surface area contributed by atoms with Crippen molar-refractivity contribution < 1.29 is 4.74 Å². The van der Waals surface area contributed by atoms with Crippen molar-refractivity contribution in [3.63, 3.8) is 0 Å². The van der Waals surface area contributed by atoms with Crippen molar-refractivity contribution in [1.82, 2.24) is 14.5 Å². The molecule has 10 rings (SSSR count). The van der Waals surface area contributed by atoms with E-state index in [1.165, 1.54) is 33.0 Å². The molecule has 0 fully saturated rings. The molecule has 4 heteroatoms. The first-order valence-electron chi connectivity index (χ1n) is 14.6. The molecule has 1 aliphatic carbocycles. The molecule has 0 bridgehead atoms. The molecule has 0 unspecified atom stereocenters. The third-order valence-electron chi connectivity index (χ3n) is 9.32. The van der Waals surface area contributed by atoms with Gasteiger partial charge in [-0.15, -0.1) is 0 Å². The van der Waals surface area contributed by atoms with E-state index in [9.17, 15) is 0 Å². The van der Waals surface area contributed by atoms with Crippen molar-refractivity contribution in [2.24, 2.45) is 0 Å². The smallest absolute Gasteiger partial charge is 0.235 e. The number of hydrogen-bond acceptors (Lipinski definition) is 3. The lowest BCUT2D eigenvalue weighted by molar-refractivity contribution is 0.436. The fourth-order valence-corrected chi connectivity index (χ4v) is 7.60. The van der Waals surface area contributed by atoms with Gasteiger partial charge in [-0.3, -0.25) is 4.57 Å². The molecule has 0 amide bonds. The number of nitrogens with zero attached hydrogens (tertiary/aromatic N) is 3. The van der Waals surface area contributed by atoms with Gasteiger partial charge in [0.25, 0.3) is 0 Å². The Labute approximate surface area is 247 Å². The summed E-state index contributed by atoms with van der Waals surface area (Å²) >= 11 is 0. The highest BCUT2D eigenvalue weighted by Crippen LogP contribution is 2.62. The summed E-state index contributed by atoms with van der Waals surface area (Å²) in [5.74, 6) is 2.45. The third-order valence-corrected chi connectivity index (χ3v) is 9.32. The quantitative estimate of drug-likeness (QED) is 0.205. The van der Waals surface area contributed by atoms with Crippen molar-refractivity contribution in [3.8, 4) is 28.6 Å². The van der Waals surface area contributed by atoms with Crippen LogP contribution in [0.4, 0.5) is 0 Å². The Bertz CT molecular complexity index is 2410. The first-order valence-corrected chi connectivity index (χ1v) is 14.6. The summed E-state index contributed by atoms with van der Waals surface area (Å²) in [6.45, 7) is 0. The Morgan fingerprint density at radius 2 is 1.21 bits per heavy atom. The lowest BCUT2D eigenvalue weighted by Crippen LogP contribution is -2.32. The second-order valence-electron chi connectivity index (χ2n) is 11.4. The van der Waals surface area contributed by atoms with E-state index in [1.54, 1.807) is 0 Å². The molecule has 0 radical (unpaired) electrons. The summed E-state index contributed by atoms with van der Waals surface area (Å²) in [7, 11) is 0. The summed E-state index contributed by atoms with van der Waals surface area (Å²) in [6.07, 6.45) is 1.92. The zero-order valence-corrected chi connectivity index (χ0v) is 23.0. The molecule has 1 spiro atoms. The van der Waals surface area contributed by atoms with Crippen LogP contribution in [0.2, 0.25) is 0 Å². The lowest BCUT2D eigenvalue weighted by Gasteiger charge is -2.39. The molecule has 1 aliphatic heterocycles. The molecule has 0 saturated heterocycles. The van der Waals surface area contributed by atoms with E-state index in [4.69, 9.17) is 14.7 Å². The Hall–Kier alpha value is -5.74. The van der Waals surface area contributed by atoms with E-state index in [0.29, 0.717) is 5.95 Å². The van der Waals surface area contributed by atoms with Crippen LogP contribution in [-0.2, 0) is 5.41 Å². The average molecular weight is 550 g/mol. The van der Waals surface area contributed by atoms with Crippen LogP contribution in [0.3, 0.4) is 0 Å². The molecule has 8 aromatic rings. The van der Waals surface area contributed by atoms with Gasteiger partial charge in [-0.25, -0.2) is 9.97 Å². The summed E-state index contributed by atoms with van der Waals surface area (Å²) in [5, 5.41) is 3.40. The van der Waals surface area contributed by atoms with Gasteiger partial charge in [0.05, 0.1) is 22.0 Å². The number of ether oxygens (including phenoxy) is 1. The van der Waals surface area contributed by atoms with Gasteiger partial charge < -0.3 is 4.74 Å². The second kappa shape index (κ2) is 8.17. The van der Waals surface area contributed by atoms with Crippen molar-refractivity contribution in [1.29, 1.82) is 0 Å². The topological polar surface area (TPSA) is 39.9 Å². The number of hydrogen-bond donors (Lipinski definition) is 0. The predicted octanol–water partition coefficient (Wildman–Crippen LogP) is 9.20. The van der Waals surface area contributed by atoms with E-state index >= 15 is 0 Å². The van der Waals surface area contributed by atoms with Crippen LogP contribution in [0.5, 0.6) is 11.5 Å². The van der Waals surface area contributed by atoms with Crippen molar-refractivity contribution in [2.75, 3.05) is 0 Å². The van der Waals surface area contributed by atoms with Crippen LogP contribution in [-0.4, -0.2) is 14.5 Å². The molecular weight excluding hydrogens is 526 g/mol. The predicted molar refractivity (Wildman–Crippen MR) is 171 cm³/mol. The number of fused-ring (bicyclic) bond motifs is 13. The fraction of sp³-hybridized carbons (Fsp3) is 0.0256. The van der Waals surface area contributed by atoms with E-state index in [-0.39, 0.29) is 0 Å². The van der Waals surface area contributed by atoms with E-state index in [0.717, 1.165) is 44.6 Å². The Morgan fingerprint density at radius 1 is 0.535 bits per heavy atom. The summed E-state index contributed by atoms with van der Waals surface area (Å²) in [5.41, 5.74) is 9.91. The molecule has 0 saturated carbocycles. The standard InChI is InChI=1S/C39H23N3O/c1-7-17-33-24(11-1)23-40-38(41-33)42-34-18-8-3-13-26(34)28-21-27-25-12-2-4-14-29(25)39(32(27)22-35(28)42)30-15-5-9-19-36(30)43-37-20-10-6-16-31(37)39/h1-23H. The monoisotopic (exact) mass is 549 g/mol. The number of benzene rings is 6. The molecule has 0 N–H and O–H groups in total. The van der Waals surface area contributed by atoms with Gasteiger partial charge in [-0.05, 0) is 58.7 Å². The van der Waals surface area contributed by atoms with Crippen LogP contribution < -0.4 is 4.74 Å². The van der Waals surface area contributed by atoms with Gasteiger partial charge in [0.1, 0.15) is 11.5 Å². The summed E-state index contributed by atoms with van der Waals surface area (Å²) in [6, 6.07) is 47.4. The van der Waals surface area contributed by atoms with Gasteiger partial charge in [0.2, 0.25) is 5.95 Å². The molecule has 2 aromatic heterocycles.